The van der Waals surface area contributed by atoms with Gasteiger partial charge in [0.05, 0.1) is 21.5 Å². The summed E-state index contributed by atoms with van der Waals surface area (Å²) in [5.41, 5.74) is 3.99. The fourth-order valence-electron chi connectivity index (χ4n) is 2.40. The van der Waals surface area contributed by atoms with Crippen molar-refractivity contribution >= 4 is 40.5 Å². The number of rotatable bonds is 7. The molecule has 0 fully saturated rings. The molecular weight excluding hydrogens is 442 g/mol. The molecule has 2 rings (SSSR count). The Kier molecular flexibility index (Phi) is 8.12. The summed E-state index contributed by atoms with van der Waals surface area (Å²) in [6.45, 7) is 3.77. The van der Waals surface area contributed by atoms with Crippen molar-refractivity contribution in [2.24, 2.45) is 0 Å². The van der Waals surface area contributed by atoms with Crippen LogP contribution < -0.4 is 20.9 Å². The second-order valence-electron chi connectivity index (χ2n) is 6.72. The van der Waals surface area contributed by atoms with E-state index in [1.54, 1.807) is 12.1 Å². The Balaban J connectivity index is 1.87. The molecule has 0 bridgehead atoms. The van der Waals surface area contributed by atoms with E-state index in [0.717, 1.165) is 23.8 Å². The van der Waals surface area contributed by atoms with Gasteiger partial charge in [-0.05, 0) is 35.8 Å². The van der Waals surface area contributed by atoms with E-state index in [0.29, 0.717) is 11.7 Å². The third kappa shape index (κ3) is 6.98. The predicted octanol–water partition coefficient (Wildman–Crippen LogP) is 2.34. The maximum Gasteiger partial charge on any atom is 0.277 e. The highest BCUT2D eigenvalue weighted by Gasteiger charge is 2.20. The molecule has 12 nitrogen and oxygen atoms in total. The van der Waals surface area contributed by atoms with Crippen LogP contribution in [0.5, 0.6) is 5.75 Å². The van der Waals surface area contributed by atoms with Crippen LogP contribution in [0.3, 0.4) is 0 Å². The monoisotopic (exact) mass is 461 g/mol. The summed E-state index contributed by atoms with van der Waals surface area (Å²) in [5.74, 6) is -0.681. The first-order valence-electron chi connectivity index (χ1n) is 9.13. The van der Waals surface area contributed by atoms with Gasteiger partial charge in [0.25, 0.3) is 23.2 Å². The lowest BCUT2D eigenvalue weighted by Gasteiger charge is -2.12. The summed E-state index contributed by atoms with van der Waals surface area (Å²) in [5, 5.41) is 23.6. The molecule has 0 aliphatic rings. The first kappa shape index (κ1) is 24.1. The number of nitro benzene ring substituents is 2. The second kappa shape index (κ2) is 10.8. The van der Waals surface area contributed by atoms with Crippen molar-refractivity contribution < 1.29 is 24.2 Å². The SMILES string of the molecule is CC(C)c1ccc(OCC(=O)NNC(=S)NC(=O)c2cc([N+](=O)[O-])cc([N+](=O)[O-])c2)cc1. The molecule has 0 aliphatic carbocycles. The molecule has 0 aliphatic heterocycles. The second-order valence-corrected chi connectivity index (χ2v) is 7.13. The highest BCUT2D eigenvalue weighted by Crippen LogP contribution is 2.22. The smallest absolute Gasteiger partial charge is 0.277 e. The van der Waals surface area contributed by atoms with Gasteiger partial charge in [0, 0.05) is 12.1 Å². The Morgan fingerprint density at radius 3 is 2.06 bits per heavy atom. The van der Waals surface area contributed by atoms with E-state index < -0.39 is 33.0 Å². The van der Waals surface area contributed by atoms with E-state index in [1.807, 2.05) is 12.1 Å². The number of hydrazine groups is 1. The molecule has 3 N–H and O–H groups in total. The quantitative estimate of drug-likeness (QED) is 0.319. The largest absolute Gasteiger partial charge is 0.484 e. The average molecular weight is 461 g/mol. The van der Waals surface area contributed by atoms with Crippen molar-refractivity contribution in [3.05, 3.63) is 73.8 Å². The van der Waals surface area contributed by atoms with Gasteiger partial charge in [-0.2, -0.15) is 0 Å². The molecule has 0 unspecified atom stereocenters. The molecule has 0 saturated heterocycles. The van der Waals surface area contributed by atoms with Crippen LogP contribution in [0.15, 0.2) is 42.5 Å². The summed E-state index contributed by atoms with van der Waals surface area (Å²) < 4.78 is 5.35. The number of nitrogens with one attached hydrogen (secondary N) is 3. The van der Waals surface area contributed by atoms with E-state index in [1.165, 1.54) is 0 Å². The number of carbonyl (C=O) groups excluding carboxylic acids is 2. The first-order valence-corrected chi connectivity index (χ1v) is 9.54. The zero-order valence-electron chi connectivity index (χ0n) is 17.0. The lowest BCUT2D eigenvalue weighted by Crippen LogP contribution is -2.49. The number of nitro groups is 2. The van der Waals surface area contributed by atoms with Gasteiger partial charge < -0.3 is 4.74 Å². The molecule has 0 heterocycles. The fraction of sp³-hybridized carbons (Fsp3) is 0.211. The standard InChI is InChI=1S/C19H19N5O7S/c1-11(2)12-3-5-16(6-4-12)31-10-17(25)21-22-19(32)20-18(26)13-7-14(23(27)28)9-15(8-13)24(29)30/h3-9,11H,10H2,1-2H3,(H,21,25)(H2,20,22,26,32). The van der Waals surface area contributed by atoms with Gasteiger partial charge >= 0.3 is 0 Å². The molecule has 0 spiro atoms. The summed E-state index contributed by atoms with van der Waals surface area (Å²) in [4.78, 5) is 44.2. The summed E-state index contributed by atoms with van der Waals surface area (Å²) >= 11 is 4.87. The molecule has 2 aromatic rings. The number of nitrogens with zero attached hydrogens (tertiary/aromatic N) is 2. The maximum atomic E-state index is 12.2. The zero-order chi connectivity index (χ0) is 23.8. The van der Waals surface area contributed by atoms with Gasteiger partial charge in [-0.25, -0.2) is 0 Å². The Bertz CT molecular complexity index is 1020. The molecular formula is C19H19N5O7S. The van der Waals surface area contributed by atoms with Gasteiger partial charge in [0.1, 0.15) is 5.75 Å². The highest BCUT2D eigenvalue weighted by atomic mass is 32.1. The van der Waals surface area contributed by atoms with Crippen LogP contribution in [0.4, 0.5) is 11.4 Å². The van der Waals surface area contributed by atoms with Crippen LogP contribution in [0, 0.1) is 20.2 Å². The molecule has 0 radical (unpaired) electrons. The van der Waals surface area contributed by atoms with Crippen LogP contribution in [0.25, 0.3) is 0 Å². The van der Waals surface area contributed by atoms with Gasteiger partial charge in [0.2, 0.25) is 0 Å². The number of benzene rings is 2. The molecule has 0 saturated carbocycles. The Morgan fingerprint density at radius 2 is 1.56 bits per heavy atom. The summed E-state index contributed by atoms with van der Waals surface area (Å²) in [6, 6.07) is 9.70. The molecule has 2 amide bonds. The molecule has 168 valence electrons. The minimum Gasteiger partial charge on any atom is -0.484 e. The van der Waals surface area contributed by atoms with E-state index in [2.05, 4.69) is 30.0 Å². The Labute approximate surface area is 187 Å². The average Bonchev–Trinajstić information content (AvgIpc) is 2.76. The third-order valence-electron chi connectivity index (χ3n) is 4.05. The fourth-order valence-corrected chi connectivity index (χ4v) is 2.55. The van der Waals surface area contributed by atoms with Crippen molar-refractivity contribution in [2.45, 2.75) is 19.8 Å². The van der Waals surface area contributed by atoms with E-state index in [9.17, 15) is 29.8 Å². The number of hydrogen-bond acceptors (Lipinski definition) is 8. The van der Waals surface area contributed by atoms with Crippen molar-refractivity contribution in [3.8, 4) is 5.75 Å². The lowest BCUT2D eigenvalue weighted by molar-refractivity contribution is -0.394. The summed E-state index contributed by atoms with van der Waals surface area (Å²) in [7, 11) is 0. The molecule has 0 atom stereocenters. The molecule has 2 aromatic carbocycles. The Morgan fingerprint density at radius 1 is 1.00 bits per heavy atom. The van der Waals surface area contributed by atoms with E-state index in [4.69, 9.17) is 17.0 Å². The molecule has 13 heteroatoms. The minimum absolute atomic E-state index is 0.332. The van der Waals surface area contributed by atoms with Gasteiger partial charge in [-0.15, -0.1) is 0 Å². The highest BCUT2D eigenvalue weighted by molar-refractivity contribution is 7.80. The number of ether oxygens (including phenoxy) is 1. The molecule has 0 aromatic heterocycles. The van der Waals surface area contributed by atoms with Gasteiger partial charge in [0.15, 0.2) is 11.7 Å². The minimum atomic E-state index is -0.940. The Hall–Kier alpha value is -4.13. The first-order chi connectivity index (χ1) is 15.1. The summed E-state index contributed by atoms with van der Waals surface area (Å²) in [6.07, 6.45) is 0. The number of hydrogen-bond donors (Lipinski definition) is 3. The number of thiocarbonyl (C=S) groups is 1. The van der Waals surface area contributed by atoms with Gasteiger partial charge in [-0.1, -0.05) is 26.0 Å². The van der Waals surface area contributed by atoms with E-state index in [-0.39, 0.29) is 17.3 Å². The van der Waals surface area contributed by atoms with Crippen LogP contribution in [0.2, 0.25) is 0 Å². The van der Waals surface area contributed by atoms with Crippen molar-refractivity contribution in [1.82, 2.24) is 16.2 Å². The number of carbonyl (C=O) groups is 2. The van der Waals surface area contributed by atoms with Crippen LogP contribution in [-0.4, -0.2) is 33.4 Å². The topological polar surface area (TPSA) is 166 Å². The normalized spacial score (nSPS) is 10.2. The van der Waals surface area contributed by atoms with Gasteiger partial charge in [-0.3, -0.25) is 46.0 Å². The lowest BCUT2D eigenvalue weighted by atomic mass is 10.0. The van der Waals surface area contributed by atoms with Crippen molar-refractivity contribution in [3.63, 3.8) is 0 Å². The van der Waals surface area contributed by atoms with Crippen LogP contribution >= 0.6 is 12.2 Å². The predicted molar refractivity (Wildman–Crippen MR) is 117 cm³/mol. The number of non-ortho nitro benzene ring substituents is 2. The van der Waals surface area contributed by atoms with Crippen LogP contribution in [0.1, 0.15) is 35.7 Å². The van der Waals surface area contributed by atoms with Crippen molar-refractivity contribution in [2.75, 3.05) is 6.61 Å². The van der Waals surface area contributed by atoms with Crippen LogP contribution in [-0.2, 0) is 4.79 Å². The molecule has 32 heavy (non-hydrogen) atoms. The van der Waals surface area contributed by atoms with E-state index >= 15 is 0 Å². The number of amides is 2. The van der Waals surface area contributed by atoms with Crippen molar-refractivity contribution in [1.29, 1.82) is 0 Å². The maximum absolute atomic E-state index is 12.2. The zero-order valence-corrected chi connectivity index (χ0v) is 17.8. The third-order valence-corrected chi connectivity index (χ3v) is 4.25.